The number of hydrogen-bond acceptors (Lipinski definition) is 3. The zero-order valence-electron chi connectivity index (χ0n) is 11.9. The van der Waals surface area contributed by atoms with Gasteiger partial charge in [0.2, 0.25) is 5.91 Å². The van der Waals surface area contributed by atoms with Gasteiger partial charge in [0.25, 0.3) is 0 Å². The van der Waals surface area contributed by atoms with Crippen LogP contribution in [-0.4, -0.2) is 40.4 Å². The molecule has 1 saturated heterocycles. The second-order valence-electron chi connectivity index (χ2n) is 5.98. The van der Waals surface area contributed by atoms with Crippen LogP contribution in [0.4, 0.5) is 0 Å². The molecule has 18 heavy (non-hydrogen) atoms. The highest BCUT2D eigenvalue weighted by molar-refractivity contribution is 8.01. The normalized spacial score (nSPS) is 19.3. The van der Waals surface area contributed by atoms with Crippen molar-refractivity contribution in [2.45, 2.75) is 51.3 Å². The van der Waals surface area contributed by atoms with Crippen molar-refractivity contribution < 1.29 is 4.79 Å². The second kappa shape index (κ2) is 7.61. The Morgan fingerprint density at radius 3 is 2.28 bits per heavy atom. The van der Waals surface area contributed by atoms with Gasteiger partial charge in [-0.05, 0) is 25.7 Å². The molecular formula is C13H27ClN2OS. The molecule has 108 valence electrons. The largest absolute Gasteiger partial charge is 0.342 e. The molecule has 1 aliphatic rings. The van der Waals surface area contributed by atoms with Crippen LogP contribution in [0.5, 0.6) is 0 Å². The first-order valence-corrected chi connectivity index (χ1v) is 7.45. The first kappa shape index (κ1) is 18.1. The van der Waals surface area contributed by atoms with Crippen molar-refractivity contribution in [2.75, 3.05) is 18.8 Å². The third-order valence-electron chi connectivity index (χ3n) is 3.26. The van der Waals surface area contributed by atoms with Crippen LogP contribution in [0.1, 0.15) is 40.5 Å². The van der Waals surface area contributed by atoms with Crippen molar-refractivity contribution >= 4 is 30.1 Å². The zero-order chi connectivity index (χ0) is 13.1. The molecule has 3 nitrogen and oxygen atoms in total. The summed E-state index contributed by atoms with van der Waals surface area (Å²) in [5, 5.41) is 0. The standard InChI is InChI=1S/C13H26N2OS.ClH/c1-10(14)11-5-7-15(8-6-11)12(16)9-17-13(2,3)4;/h10-11H,5-9,14H2,1-4H3;1H. The topological polar surface area (TPSA) is 46.3 Å². The molecule has 1 atom stereocenters. The number of carbonyl (C=O) groups is 1. The summed E-state index contributed by atoms with van der Waals surface area (Å²) in [5.74, 6) is 1.48. The van der Waals surface area contributed by atoms with E-state index in [2.05, 4.69) is 27.7 Å². The Labute approximate surface area is 122 Å². The minimum atomic E-state index is 0. The average molecular weight is 295 g/mol. The molecule has 1 amide bonds. The Morgan fingerprint density at radius 1 is 1.39 bits per heavy atom. The molecule has 0 spiro atoms. The molecule has 0 aromatic rings. The van der Waals surface area contributed by atoms with Crippen LogP contribution >= 0.6 is 24.2 Å². The summed E-state index contributed by atoms with van der Waals surface area (Å²) in [6.07, 6.45) is 2.12. The number of rotatable bonds is 3. The lowest BCUT2D eigenvalue weighted by Gasteiger charge is -2.34. The highest BCUT2D eigenvalue weighted by Gasteiger charge is 2.25. The molecule has 1 aliphatic heterocycles. The molecule has 0 bridgehead atoms. The fourth-order valence-electron chi connectivity index (χ4n) is 2.04. The summed E-state index contributed by atoms with van der Waals surface area (Å²) in [6.45, 7) is 10.3. The molecule has 0 saturated carbocycles. The third kappa shape index (κ3) is 6.30. The number of amides is 1. The fourth-order valence-corrected chi connectivity index (χ4v) is 2.78. The van der Waals surface area contributed by atoms with Gasteiger partial charge >= 0.3 is 0 Å². The number of hydrogen-bond donors (Lipinski definition) is 1. The molecule has 5 heteroatoms. The number of carbonyl (C=O) groups excluding carboxylic acids is 1. The van der Waals surface area contributed by atoms with Crippen molar-refractivity contribution in [3.63, 3.8) is 0 Å². The fraction of sp³-hybridized carbons (Fsp3) is 0.923. The van der Waals surface area contributed by atoms with Crippen molar-refractivity contribution in [1.82, 2.24) is 4.90 Å². The highest BCUT2D eigenvalue weighted by Crippen LogP contribution is 2.25. The van der Waals surface area contributed by atoms with Crippen molar-refractivity contribution in [3.05, 3.63) is 0 Å². The smallest absolute Gasteiger partial charge is 0.232 e. The Hall–Kier alpha value is 0.0700. The number of nitrogens with zero attached hydrogens (tertiary/aromatic N) is 1. The first-order chi connectivity index (χ1) is 7.79. The zero-order valence-corrected chi connectivity index (χ0v) is 13.6. The maximum atomic E-state index is 12.0. The third-order valence-corrected chi connectivity index (χ3v) is 4.52. The summed E-state index contributed by atoms with van der Waals surface area (Å²) in [7, 11) is 0. The average Bonchev–Trinajstić information content (AvgIpc) is 2.25. The lowest BCUT2D eigenvalue weighted by molar-refractivity contribution is -0.129. The summed E-state index contributed by atoms with van der Waals surface area (Å²) < 4.78 is 0.166. The van der Waals surface area contributed by atoms with Crippen LogP contribution in [0.3, 0.4) is 0 Å². The SMILES string of the molecule is CC(N)C1CCN(C(=O)CSC(C)(C)C)CC1.Cl. The van der Waals surface area contributed by atoms with Gasteiger partial charge < -0.3 is 10.6 Å². The lowest BCUT2D eigenvalue weighted by atomic mass is 9.91. The van der Waals surface area contributed by atoms with Crippen LogP contribution in [0.25, 0.3) is 0 Å². The van der Waals surface area contributed by atoms with E-state index < -0.39 is 0 Å². The Bertz CT molecular complexity index is 258. The van der Waals surface area contributed by atoms with Crippen molar-refractivity contribution in [1.29, 1.82) is 0 Å². The van der Waals surface area contributed by atoms with Crippen LogP contribution < -0.4 is 5.73 Å². The van der Waals surface area contributed by atoms with Gasteiger partial charge in [0.1, 0.15) is 0 Å². The van der Waals surface area contributed by atoms with Crippen LogP contribution in [-0.2, 0) is 4.79 Å². The summed E-state index contributed by atoms with van der Waals surface area (Å²) >= 11 is 1.73. The summed E-state index contributed by atoms with van der Waals surface area (Å²) in [5.41, 5.74) is 5.90. The Balaban J connectivity index is 0.00000289. The van der Waals surface area contributed by atoms with E-state index >= 15 is 0 Å². The van der Waals surface area contributed by atoms with E-state index in [4.69, 9.17) is 5.73 Å². The van der Waals surface area contributed by atoms with Gasteiger partial charge in [-0.25, -0.2) is 0 Å². The molecule has 2 N–H and O–H groups in total. The predicted molar refractivity (Wildman–Crippen MR) is 82.4 cm³/mol. The quantitative estimate of drug-likeness (QED) is 0.870. The molecule has 0 radical (unpaired) electrons. The minimum absolute atomic E-state index is 0. The van der Waals surface area contributed by atoms with Crippen LogP contribution in [0, 0.1) is 5.92 Å². The molecule has 0 aromatic carbocycles. The van der Waals surface area contributed by atoms with Crippen molar-refractivity contribution in [2.24, 2.45) is 11.7 Å². The van der Waals surface area contributed by atoms with Crippen molar-refractivity contribution in [3.8, 4) is 0 Å². The van der Waals surface area contributed by atoms with Gasteiger partial charge in [-0.15, -0.1) is 24.2 Å². The minimum Gasteiger partial charge on any atom is -0.342 e. The number of halogens is 1. The van der Waals surface area contributed by atoms with Gasteiger partial charge in [0.15, 0.2) is 0 Å². The van der Waals surface area contributed by atoms with Gasteiger partial charge in [0.05, 0.1) is 5.75 Å². The number of likely N-dealkylation sites (tertiary alicyclic amines) is 1. The Morgan fingerprint density at radius 2 is 1.89 bits per heavy atom. The van der Waals surface area contributed by atoms with E-state index in [1.165, 1.54) is 0 Å². The van der Waals surface area contributed by atoms with E-state index in [0.717, 1.165) is 25.9 Å². The van der Waals surface area contributed by atoms with Gasteiger partial charge in [-0.2, -0.15) is 0 Å². The lowest BCUT2D eigenvalue weighted by Crippen LogP contribution is -2.43. The second-order valence-corrected chi connectivity index (χ2v) is 7.78. The van der Waals surface area contributed by atoms with E-state index in [9.17, 15) is 4.79 Å². The van der Waals surface area contributed by atoms with E-state index in [1.54, 1.807) is 11.8 Å². The number of thioether (sulfide) groups is 1. The molecule has 1 heterocycles. The summed E-state index contributed by atoms with van der Waals surface area (Å²) in [4.78, 5) is 14.0. The highest BCUT2D eigenvalue weighted by atomic mass is 35.5. The molecule has 0 aliphatic carbocycles. The van der Waals surface area contributed by atoms with Gasteiger partial charge in [0, 0.05) is 23.9 Å². The number of nitrogens with two attached hydrogens (primary N) is 1. The van der Waals surface area contributed by atoms with Gasteiger partial charge in [-0.1, -0.05) is 20.8 Å². The number of piperidine rings is 1. The monoisotopic (exact) mass is 294 g/mol. The maximum Gasteiger partial charge on any atom is 0.232 e. The first-order valence-electron chi connectivity index (χ1n) is 6.47. The maximum absolute atomic E-state index is 12.0. The predicted octanol–water partition coefficient (Wildman–Crippen LogP) is 2.53. The van der Waals surface area contributed by atoms with E-state index in [-0.39, 0.29) is 29.1 Å². The van der Waals surface area contributed by atoms with Crippen LogP contribution in [0.2, 0.25) is 0 Å². The van der Waals surface area contributed by atoms with Gasteiger partial charge in [-0.3, -0.25) is 4.79 Å². The molecule has 1 fully saturated rings. The van der Waals surface area contributed by atoms with E-state index in [1.807, 2.05) is 4.90 Å². The summed E-state index contributed by atoms with van der Waals surface area (Å²) in [6, 6.07) is 0.260. The Kier molecular flexibility index (Phi) is 7.64. The van der Waals surface area contributed by atoms with E-state index in [0.29, 0.717) is 11.7 Å². The molecule has 1 rings (SSSR count). The molecule has 1 unspecified atom stereocenters. The van der Waals surface area contributed by atoms with Crippen LogP contribution in [0.15, 0.2) is 0 Å². The molecular weight excluding hydrogens is 268 g/mol. The molecule has 0 aromatic heterocycles.